The Morgan fingerprint density at radius 3 is 2.45 bits per heavy atom. The van der Waals surface area contributed by atoms with E-state index in [9.17, 15) is 4.79 Å². The molecular formula is C7H11N3O. The third-order valence-corrected chi connectivity index (χ3v) is 1.45. The minimum Gasteiger partial charge on any atom is -0.268 e. The van der Waals surface area contributed by atoms with E-state index in [4.69, 9.17) is 0 Å². The maximum Gasteiger partial charge on any atom is 0.270 e. The minimum atomic E-state index is -0.163. The number of aromatic nitrogens is 3. The largest absolute Gasteiger partial charge is 0.270 e. The smallest absolute Gasteiger partial charge is 0.268 e. The Kier molecular flexibility index (Phi) is 1.76. The van der Waals surface area contributed by atoms with Crippen LogP contribution in [0.15, 0.2) is 11.0 Å². The third-order valence-electron chi connectivity index (χ3n) is 1.45. The Morgan fingerprint density at radius 1 is 1.45 bits per heavy atom. The van der Waals surface area contributed by atoms with Gasteiger partial charge in [0.05, 0.1) is 6.20 Å². The molecule has 11 heavy (non-hydrogen) atoms. The molecule has 1 aromatic rings. The van der Waals surface area contributed by atoms with Gasteiger partial charge in [-0.05, 0) is 5.41 Å². The van der Waals surface area contributed by atoms with Crippen LogP contribution >= 0.6 is 0 Å². The highest BCUT2D eigenvalue weighted by Gasteiger charge is 2.17. The van der Waals surface area contributed by atoms with Crippen LogP contribution in [0.1, 0.15) is 26.3 Å². The molecule has 0 bridgehead atoms. The average Bonchev–Trinajstić information content (AvgIpc) is 1.86. The molecular weight excluding hydrogens is 142 g/mol. The summed E-state index contributed by atoms with van der Waals surface area (Å²) >= 11 is 0. The number of nitrogens with zero attached hydrogens (tertiary/aromatic N) is 2. The first-order valence-electron chi connectivity index (χ1n) is 3.42. The third kappa shape index (κ3) is 1.63. The fraction of sp³-hybridized carbons (Fsp3) is 0.571. The fourth-order valence-electron chi connectivity index (χ4n) is 0.814. The molecule has 0 radical (unpaired) electrons. The first-order chi connectivity index (χ1) is 5.02. The normalized spacial score (nSPS) is 11.5. The lowest BCUT2D eigenvalue weighted by Gasteiger charge is -2.15. The number of nitrogens with one attached hydrogen (secondary N) is 1. The zero-order valence-corrected chi connectivity index (χ0v) is 6.88. The monoisotopic (exact) mass is 153 g/mol. The van der Waals surface area contributed by atoms with E-state index < -0.39 is 0 Å². The molecule has 60 valence electrons. The molecule has 1 rings (SSSR count). The molecule has 4 nitrogen and oxygen atoms in total. The SMILES string of the molecule is CC(C)(C)c1cnn[nH]c1=O. The molecule has 0 aromatic carbocycles. The summed E-state index contributed by atoms with van der Waals surface area (Å²) in [5.41, 5.74) is 0.337. The summed E-state index contributed by atoms with van der Waals surface area (Å²) in [4.78, 5) is 11.1. The summed E-state index contributed by atoms with van der Waals surface area (Å²) in [6, 6.07) is 0. The predicted molar refractivity (Wildman–Crippen MR) is 41.4 cm³/mol. The summed E-state index contributed by atoms with van der Waals surface area (Å²) in [6.07, 6.45) is 1.50. The molecule has 0 fully saturated rings. The van der Waals surface area contributed by atoms with Gasteiger partial charge in [-0.3, -0.25) is 4.79 Å². The van der Waals surface area contributed by atoms with Gasteiger partial charge >= 0.3 is 0 Å². The number of hydrogen-bond acceptors (Lipinski definition) is 3. The molecule has 4 heteroatoms. The molecule has 0 saturated carbocycles. The van der Waals surface area contributed by atoms with Gasteiger partial charge in [-0.15, -0.1) is 5.10 Å². The molecule has 0 unspecified atom stereocenters. The summed E-state index contributed by atoms with van der Waals surface area (Å²) in [7, 11) is 0. The lowest BCUT2D eigenvalue weighted by molar-refractivity contribution is 0.569. The van der Waals surface area contributed by atoms with E-state index >= 15 is 0 Å². The van der Waals surface area contributed by atoms with Crippen molar-refractivity contribution in [2.45, 2.75) is 26.2 Å². The van der Waals surface area contributed by atoms with Crippen molar-refractivity contribution in [3.8, 4) is 0 Å². The number of H-pyrrole nitrogens is 1. The van der Waals surface area contributed by atoms with Crippen LogP contribution in [0.3, 0.4) is 0 Å². The van der Waals surface area contributed by atoms with Crippen molar-refractivity contribution >= 4 is 0 Å². The zero-order chi connectivity index (χ0) is 8.48. The van der Waals surface area contributed by atoms with Gasteiger partial charge in [0, 0.05) is 5.56 Å². The Bertz CT molecular complexity index is 297. The Morgan fingerprint density at radius 2 is 2.09 bits per heavy atom. The Labute approximate surface area is 64.6 Å². The second-order valence-electron chi connectivity index (χ2n) is 3.45. The van der Waals surface area contributed by atoms with Gasteiger partial charge in [0.15, 0.2) is 0 Å². The molecule has 1 N–H and O–H groups in total. The van der Waals surface area contributed by atoms with Crippen molar-refractivity contribution in [2.75, 3.05) is 0 Å². The van der Waals surface area contributed by atoms with Crippen LogP contribution in [0.2, 0.25) is 0 Å². The quantitative estimate of drug-likeness (QED) is 0.589. The minimum absolute atomic E-state index is 0.160. The van der Waals surface area contributed by atoms with E-state index in [1.807, 2.05) is 20.8 Å². The second kappa shape index (κ2) is 2.45. The van der Waals surface area contributed by atoms with E-state index in [2.05, 4.69) is 15.4 Å². The highest BCUT2D eigenvalue weighted by Crippen LogP contribution is 2.15. The topological polar surface area (TPSA) is 58.6 Å². The predicted octanol–water partition coefficient (Wildman–Crippen LogP) is 0.462. The maximum atomic E-state index is 11.1. The van der Waals surface area contributed by atoms with E-state index in [0.29, 0.717) is 5.56 Å². The van der Waals surface area contributed by atoms with Crippen molar-refractivity contribution in [3.63, 3.8) is 0 Å². The van der Waals surface area contributed by atoms with Crippen LogP contribution in [0.4, 0.5) is 0 Å². The molecule has 0 saturated heterocycles. The zero-order valence-electron chi connectivity index (χ0n) is 6.88. The first-order valence-corrected chi connectivity index (χ1v) is 3.42. The van der Waals surface area contributed by atoms with Gasteiger partial charge in [-0.1, -0.05) is 26.0 Å². The maximum absolute atomic E-state index is 11.1. The van der Waals surface area contributed by atoms with Gasteiger partial charge in [-0.2, -0.15) is 0 Å². The number of aromatic amines is 1. The van der Waals surface area contributed by atoms with Crippen LogP contribution in [-0.4, -0.2) is 15.4 Å². The van der Waals surface area contributed by atoms with Gasteiger partial charge in [0.2, 0.25) is 0 Å². The Hall–Kier alpha value is -1.19. The molecule has 0 spiro atoms. The molecule has 0 atom stereocenters. The van der Waals surface area contributed by atoms with Crippen LogP contribution in [0.25, 0.3) is 0 Å². The summed E-state index contributed by atoms with van der Waals surface area (Å²) in [5.74, 6) is 0. The van der Waals surface area contributed by atoms with E-state index in [0.717, 1.165) is 0 Å². The Balaban J connectivity index is 3.26. The number of rotatable bonds is 0. The van der Waals surface area contributed by atoms with Crippen LogP contribution in [0.5, 0.6) is 0 Å². The molecule has 0 aliphatic carbocycles. The summed E-state index contributed by atoms with van der Waals surface area (Å²) in [6.45, 7) is 5.87. The van der Waals surface area contributed by atoms with Gasteiger partial charge in [0.25, 0.3) is 5.56 Å². The molecule has 0 aliphatic heterocycles. The lowest BCUT2D eigenvalue weighted by Crippen LogP contribution is -2.25. The highest BCUT2D eigenvalue weighted by atomic mass is 16.1. The van der Waals surface area contributed by atoms with E-state index in [-0.39, 0.29) is 11.0 Å². The van der Waals surface area contributed by atoms with Crippen LogP contribution in [-0.2, 0) is 5.41 Å². The molecule has 0 amide bonds. The van der Waals surface area contributed by atoms with Gasteiger partial charge in [-0.25, -0.2) is 5.10 Å². The van der Waals surface area contributed by atoms with E-state index in [1.165, 1.54) is 6.20 Å². The average molecular weight is 153 g/mol. The second-order valence-corrected chi connectivity index (χ2v) is 3.45. The van der Waals surface area contributed by atoms with Crippen molar-refractivity contribution in [1.82, 2.24) is 15.4 Å². The first kappa shape index (κ1) is 7.91. The lowest BCUT2D eigenvalue weighted by atomic mass is 9.89. The van der Waals surface area contributed by atoms with Crippen molar-refractivity contribution in [1.29, 1.82) is 0 Å². The van der Waals surface area contributed by atoms with Gasteiger partial charge in [0.1, 0.15) is 0 Å². The standard InChI is InChI=1S/C7H11N3O/c1-7(2,3)5-4-8-10-9-6(5)11/h4H,1-3H3,(H,8,9,11). The fourth-order valence-corrected chi connectivity index (χ4v) is 0.814. The number of hydrogen-bond donors (Lipinski definition) is 1. The summed E-state index contributed by atoms with van der Waals surface area (Å²) in [5, 5.41) is 9.27. The summed E-state index contributed by atoms with van der Waals surface area (Å²) < 4.78 is 0. The van der Waals surface area contributed by atoms with Crippen molar-refractivity contribution < 1.29 is 0 Å². The highest BCUT2D eigenvalue weighted by molar-refractivity contribution is 5.13. The van der Waals surface area contributed by atoms with Crippen molar-refractivity contribution in [3.05, 3.63) is 22.1 Å². The molecule has 1 aromatic heterocycles. The van der Waals surface area contributed by atoms with Crippen LogP contribution in [0, 0.1) is 0 Å². The van der Waals surface area contributed by atoms with Gasteiger partial charge < -0.3 is 0 Å². The van der Waals surface area contributed by atoms with Crippen molar-refractivity contribution in [2.24, 2.45) is 0 Å². The van der Waals surface area contributed by atoms with Crippen LogP contribution < -0.4 is 5.56 Å². The van der Waals surface area contributed by atoms with E-state index in [1.54, 1.807) is 0 Å². The molecule has 0 aliphatic rings. The molecule has 1 heterocycles.